The van der Waals surface area contributed by atoms with E-state index < -0.39 is 11.9 Å². The predicted molar refractivity (Wildman–Crippen MR) is 148 cm³/mol. The highest BCUT2D eigenvalue weighted by molar-refractivity contribution is 6.00. The summed E-state index contributed by atoms with van der Waals surface area (Å²) in [6, 6.07) is 9.28. The second-order valence-electron chi connectivity index (χ2n) is 9.58. The van der Waals surface area contributed by atoms with Gasteiger partial charge < -0.3 is 24.4 Å². The molecule has 2 N–H and O–H groups in total. The number of aryl methyl sites for hydroxylation is 1. The molecule has 39 heavy (non-hydrogen) atoms. The van der Waals surface area contributed by atoms with E-state index in [1.807, 2.05) is 24.3 Å². The largest absolute Gasteiger partial charge is 0.494 e. The molecule has 8 nitrogen and oxygen atoms in total. The molecule has 0 unspecified atom stereocenters. The van der Waals surface area contributed by atoms with Crippen molar-refractivity contribution in [3.05, 3.63) is 58.7 Å². The molecule has 0 spiro atoms. The lowest BCUT2D eigenvalue weighted by atomic mass is 9.98. The molecule has 1 aliphatic rings. The van der Waals surface area contributed by atoms with Crippen molar-refractivity contribution >= 4 is 23.8 Å². The molecular formula is C31H38O8. The van der Waals surface area contributed by atoms with Crippen LogP contribution >= 0.6 is 0 Å². The summed E-state index contributed by atoms with van der Waals surface area (Å²) in [4.78, 5) is 33.9. The summed E-state index contributed by atoms with van der Waals surface area (Å²) >= 11 is 0. The number of unbranched alkanes of at least 4 members (excludes halogenated alkanes) is 3. The zero-order chi connectivity index (χ0) is 28.0. The summed E-state index contributed by atoms with van der Waals surface area (Å²) in [5, 5.41) is 17.8. The Morgan fingerprint density at radius 2 is 1.77 bits per heavy atom. The van der Waals surface area contributed by atoms with Gasteiger partial charge in [0, 0.05) is 24.5 Å². The minimum atomic E-state index is -1.02. The molecule has 2 aromatic rings. The van der Waals surface area contributed by atoms with Gasteiger partial charge in [-0.15, -0.1) is 0 Å². The van der Waals surface area contributed by atoms with E-state index in [4.69, 9.17) is 24.4 Å². The summed E-state index contributed by atoms with van der Waals surface area (Å²) in [6.45, 7) is 3.39. The molecule has 3 rings (SSSR count). The molecule has 210 valence electrons. The third kappa shape index (κ3) is 9.46. The van der Waals surface area contributed by atoms with Crippen LogP contribution in [-0.4, -0.2) is 47.8 Å². The number of Topliss-reactive ketones (excluding diaryl/α,β-unsaturated/α-hetero) is 1. The summed E-state index contributed by atoms with van der Waals surface area (Å²) in [5.41, 5.74) is 3.47. The maximum Gasteiger partial charge on any atom is 0.328 e. The number of hydrogen-bond donors (Lipinski definition) is 2. The van der Waals surface area contributed by atoms with Crippen LogP contribution < -0.4 is 14.2 Å². The van der Waals surface area contributed by atoms with E-state index in [9.17, 15) is 14.4 Å². The Bertz CT molecular complexity index is 1170. The van der Waals surface area contributed by atoms with Gasteiger partial charge in [-0.1, -0.05) is 32.3 Å². The average Bonchev–Trinajstić information content (AvgIpc) is 2.91. The van der Waals surface area contributed by atoms with Crippen molar-refractivity contribution < 1.29 is 38.8 Å². The van der Waals surface area contributed by atoms with Gasteiger partial charge in [-0.3, -0.25) is 9.59 Å². The third-order valence-electron chi connectivity index (χ3n) is 6.52. The van der Waals surface area contributed by atoms with Crippen LogP contribution in [0.2, 0.25) is 0 Å². The van der Waals surface area contributed by atoms with Gasteiger partial charge in [-0.05, 0) is 73.6 Å². The van der Waals surface area contributed by atoms with Gasteiger partial charge in [0.15, 0.2) is 5.78 Å². The highest BCUT2D eigenvalue weighted by Crippen LogP contribution is 2.36. The smallest absolute Gasteiger partial charge is 0.328 e. The number of aliphatic carboxylic acids is 2. The third-order valence-corrected chi connectivity index (χ3v) is 6.52. The lowest BCUT2D eigenvalue weighted by Gasteiger charge is -2.22. The van der Waals surface area contributed by atoms with Gasteiger partial charge in [-0.25, -0.2) is 4.79 Å². The fraction of sp³-hybridized carbons (Fsp3) is 0.452. The summed E-state index contributed by atoms with van der Waals surface area (Å²) in [5.74, 6) is 0.316. The number of ketones is 1. The van der Waals surface area contributed by atoms with Crippen LogP contribution in [0.25, 0.3) is 6.08 Å². The molecule has 0 fully saturated rings. The standard InChI is InChI=1S/C31H38O8/c1-2-8-26-28(15-14-25-27(32)17-20-39-31(25)26)38-18-6-4-3-5-9-22-11-13-24(37-19-7-10-29(33)34)21-23(22)12-16-30(35)36/h11-16,21H,2-10,17-20H2,1H3,(H,33,34)(H,35,36). The Morgan fingerprint density at radius 1 is 0.974 bits per heavy atom. The normalized spacial score (nSPS) is 12.7. The quantitative estimate of drug-likeness (QED) is 0.182. The van der Waals surface area contributed by atoms with Crippen molar-refractivity contribution in [1.29, 1.82) is 0 Å². The molecule has 0 bridgehead atoms. The van der Waals surface area contributed by atoms with Gasteiger partial charge in [0.25, 0.3) is 0 Å². The number of hydrogen-bond acceptors (Lipinski definition) is 6. The van der Waals surface area contributed by atoms with Crippen LogP contribution in [0, 0.1) is 0 Å². The highest BCUT2D eigenvalue weighted by atomic mass is 16.5. The molecule has 1 heterocycles. The van der Waals surface area contributed by atoms with E-state index >= 15 is 0 Å². The van der Waals surface area contributed by atoms with Crippen LogP contribution in [0.15, 0.2) is 36.4 Å². The number of carboxylic acid groups (broad SMARTS) is 2. The minimum absolute atomic E-state index is 0.0392. The van der Waals surface area contributed by atoms with Crippen molar-refractivity contribution in [2.45, 2.75) is 71.1 Å². The second-order valence-corrected chi connectivity index (χ2v) is 9.58. The fourth-order valence-electron chi connectivity index (χ4n) is 4.57. The van der Waals surface area contributed by atoms with E-state index in [-0.39, 0.29) is 18.8 Å². The van der Waals surface area contributed by atoms with Crippen molar-refractivity contribution in [3.63, 3.8) is 0 Å². The van der Waals surface area contributed by atoms with Gasteiger partial charge in [0.1, 0.15) is 17.2 Å². The van der Waals surface area contributed by atoms with Crippen molar-refractivity contribution in [3.8, 4) is 17.2 Å². The van der Waals surface area contributed by atoms with E-state index in [1.165, 1.54) is 0 Å². The van der Waals surface area contributed by atoms with Crippen LogP contribution in [0.4, 0.5) is 0 Å². The van der Waals surface area contributed by atoms with Gasteiger partial charge in [-0.2, -0.15) is 0 Å². The number of rotatable bonds is 17. The first-order valence-corrected chi connectivity index (χ1v) is 13.7. The van der Waals surface area contributed by atoms with E-state index in [1.54, 1.807) is 12.1 Å². The van der Waals surface area contributed by atoms with Crippen LogP contribution in [0.5, 0.6) is 17.2 Å². The molecule has 8 heteroatoms. The molecule has 0 aliphatic carbocycles. The summed E-state index contributed by atoms with van der Waals surface area (Å²) in [6.07, 6.45) is 9.93. The number of benzene rings is 2. The maximum absolute atomic E-state index is 12.2. The molecule has 0 radical (unpaired) electrons. The molecule has 0 aromatic heterocycles. The number of fused-ring (bicyclic) bond motifs is 1. The minimum Gasteiger partial charge on any atom is -0.494 e. The van der Waals surface area contributed by atoms with E-state index in [0.29, 0.717) is 43.1 Å². The predicted octanol–water partition coefficient (Wildman–Crippen LogP) is 6.13. The van der Waals surface area contributed by atoms with Crippen LogP contribution in [0.1, 0.15) is 85.3 Å². The lowest BCUT2D eigenvalue weighted by Crippen LogP contribution is -2.17. The van der Waals surface area contributed by atoms with E-state index in [0.717, 1.165) is 73.5 Å². The zero-order valence-corrected chi connectivity index (χ0v) is 22.6. The lowest BCUT2D eigenvalue weighted by molar-refractivity contribution is -0.137. The average molecular weight is 539 g/mol. The van der Waals surface area contributed by atoms with Gasteiger partial charge in [0.05, 0.1) is 25.4 Å². The summed E-state index contributed by atoms with van der Waals surface area (Å²) < 4.78 is 17.6. The second kappa shape index (κ2) is 15.6. The van der Waals surface area contributed by atoms with Crippen molar-refractivity contribution in [1.82, 2.24) is 0 Å². The van der Waals surface area contributed by atoms with Crippen molar-refractivity contribution in [2.75, 3.05) is 19.8 Å². The van der Waals surface area contributed by atoms with Gasteiger partial charge in [0.2, 0.25) is 0 Å². The Morgan fingerprint density at radius 3 is 2.54 bits per heavy atom. The summed E-state index contributed by atoms with van der Waals surface area (Å²) in [7, 11) is 0. The topological polar surface area (TPSA) is 119 Å². The molecule has 0 amide bonds. The zero-order valence-electron chi connectivity index (χ0n) is 22.6. The first-order valence-electron chi connectivity index (χ1n) is 13.7. The SMILES string of the molecule is CCCc1c(OCCCCCCc2ccc(OCCCC(=O)O)cc2C=CC(=O)O)ccc2c1OCCC2=O. The fourth-order valence-corrected chi connectivity index (χ4v) is 4.57. The van der Waals surface area contributed by atoms with Crippen LogP contribution in [0.3, 0.4) is 0 Å². The number of carbonyl (C=O) groups is 3. The molecule has 1 aliphatic heterocycles. The van der Waals surface area contributed by atoms with Crippen LogP contribution in [-0.2, 0) is 22.4 Å². The Hall–Kier alpha value is -3.81. The van der Waals surface area contributed by atoms with Gasteiger partial charge >= 0.3 is 11.9 Å². The molecule has 0 saturated heterocycles. The first kappa shape index (κ1) is 29.7. The number of ether oxygens (including phenoxy) is 3. The van der Waals surface area contributed by atoms with Crippen molar-refractivity contribution in [2.24, 2.45) is 0 Å². The monoisotopic (exact) mass is 538 g/mol. The van der Waals surface area contributed by atoms with E-state index in [2.05, 4.69) is 6.92 Å². The Labute approximate surface area is 229 Å². The highest BCUT2D eigenvalue weighted by Gasteiger charge is 2.23. The Kier molecular flexibility index (Phi) is 11.9. The number of carboxylic acids is 2. The number of carbonyl (C=O) groups excluding carboxylic acids is 1. The molecule has 2 aromatic carbocycles. The molecule has 0 atom stereocenters. The maximum atomic E-state index is 12.2. The molecular weight excluding hydrogens is 500 g/mol. The first-order chi connectivity index (χ1) is 18.9. The Balaban J connectivity index is 1.47. The molecule has 0 saturated carbocycles.